The van der Waals surface area contributed by atoms with Gasteiger partial charge in [0.25, 0.3) is 5.56 Å². The molecule has 0 aliphatic rings. The van der Waals surface area contributed by atoms with Crippen LogP contribution in [0, 0.1) is 0 Å². The zero-order chi connectivity index (χ0) is 24.9. The number of pyridine rings is 1. The lowest BCUT2D eigenvalue weighted by Crippen LogP contribution is -2.31. The molecule has 0 atom stereocenters. The number of aliphatic hydroxyl groups excluding tert-OH is 2. The molecule has 2 aromatic carbocycles. The molecule has 0 saturated heterocycles. The third-order valence-electron chi connectivity index (χ3n) is 5.70. The summed E-state index contributed by atoms with van der Waals surface area (Å²) < 4.78 is 1.33. The van der Waals surface area contributed by atoms with Crippen LogP contribution in [0.1, 0.15) is 35.3 Å². The highest BCUT2D eigenvalue weighted by Gasteiger charge is 2.28. The number of anilines is 3. The van der Waals surface area contributed by atoms with E-state index in [2.05, 4.69) is 10.1 Å². The first-order chi connectivity index (χ1) is 17.0. The van der Waals surface area contributed by atoms with Gasteiger partial charge in [-0.2, -0.15) is 5.10 Å². The molecule has 0 saturated carbocycles. The summed E-state index contributed by atoms with van der Waals surface area (Å²) in [5.41, 5.74) is 3.61. The summed E-state index contributed by atoms with van der Waals surface area (Å²) in [6, 6.07) is 17.8. The standard InChI is InChI=1S/C27H26N4O4/c1-3-30-27(35)26(24(18(2)34)25(29-30)21-5-4-14-28-15-21)31(22-10-6-19(16-32)7-11-22)23-12-8-20(17-33)9-13-23/h4-15,32-33H,3,16-17H2,1-2H3. The lowest BCUT2D eigenvalue weighted by atomic mass is 10.0. The summed E-state index contributed by atoms with van der Waals surface area (Å²) in [4.78, 5) is 32.7. The van der Waals surface area contributed by atoms with E-state index in [4.69, 9.17) is 0 Å². The predicted octanol–water partition coefficient (Wildman–Crippen LogP) is 3.98. The monoisotopic (exact) mass is 470 g/mol. The Morgan fingerprint density at radius 2 is 1.51 bits per heavy atom. The van der Waals surface area contributed by atoms with Gasteiger partial charge >= 0.3 is 0 Å². The zero-order valence-electron chi connectivity index (χ0n) is 19.5. The topological polar surface area (TPSA) is 109 Å². The number of rotatable bonds is 8. The van der Waals surface area contributed by atoms with E-state index >= 15 is 0 Å². The van der Waals surface area contributed by atoms with Crippen LogP contribution < -0.4 is 10.5 Å². The second-order valence-electron chi connectivity index (χ2n) is 7.98. The van der Waals surface area contributed by atoms with Crippen molar-refractivity contribution in [1.29, 1.82) is 0 Å². The Balaban J connectivity index is 2.09. The minimum Gasteiger partial charge on any atom is -0.392 e. The van der Waals surface area contributed by atoms with Gasteiger partial charge in [-0.05, 0) is 61.4 Å². The average Bonchev–Trinajstić information content (AvgIpc) is 2.90. The first-order valence-corrected chi connectivity index (χ1v) is 11.2. The number of carbonyl (C=O) groups is 1. The fourth-order valence-corrected chi connectivity index (χ4v) is 3.93. The van der Waals surface area contributed by atoms with Crippen molar-refractivity contribution in [3.63, 3.8) is 0 Å². The summed E-state index contributed by atoms with van der Waals surface area (Å²) in [6.07, 6.45) is 3.24. The Bertz CT molecular complexity index is 1330. The number of aromatic nitrogens is 3. The molecular weight excluding hydrogens is 444 g/mol. The maximum Gasteiger partial charge on any atom is 0.291 e. The van der Waals surface area contributed by atoms with Crippen LogP contribution in [0.15, 0.2) is 77.9 Å². The van der Waals surface area contributed by atoms with Crippen LogP contribution in [0.3, 0.4) is 0 Å². The van der Waals surface area contributed by atoms with Crippen LogP contribution in [-0.2, 0) is 19.8 Å². The minimum absolute atomic E-state index is 0.118. The van der Waals surface area contributed by atoms with E-state index in [1.165, 1.54) is 11.6 Å². The summed E-state index contributed by atoms with van der Waals surface area (Å²) in [6.45, 7) is 3.30. The molecule has 0 aliphatic heterocycles. The molecule has 178 valence electrons. The maximum atomic E-state index is 13.8. The van der Waals surface area contributed by atoms with Crippen molar-refractivity contribution in [3.8, 4) is 11.3 Å². The van der Waals surface area contributed by atoms with Gasteiger partial charge < -0.3 is 15.1 Å². The van der Waals surface area contributed by atoms with Gasteiger partial charge in [-0.1, -0.05) is 24.3 Å². The van der Waals surface area contributed by atoms with E-state index in [0.29, 0.717) is 40.3 Å². The van der Waals surface area contributed by atoms with Crippen LogP contribution in [0.4, 0.5) is 17.1 Å². The Morgan fingerprint density at radius 1 is 0.943 bits per heavy atom. The van der Waals surface area contributed by atoms with Crippen molar-refractivity contribution in [1.82, 2.24) is 14.8 Å². The number of carbonyl (C=O) groups excluding carboxylic acids is 1. The SMILES string of the molecule is CCn1nc(-c2cccnc2)c(C(C)=O)c(N(c2ccc(CO)cc2)c2ccc(CO)cc2)c1=O. The number of Topliss-reactive ketones (excluding diaryl/α,β-unsaturated/α-hetero) is 1. The highest BCUT2D eigenvalue weighted by Crippen LogP contribution is 2.37. The van der Waals surface area contributed by atoms with Crippen molar-refractivity contribution in [2.75, 3.05) is 4.90 Å². The van der Waals surface area contributed by atoms with Gasteiger partial charge in [0.1, 0.15) is 11.4 Å². The first kappa shape index (κ1) is 24.0. The number of benzene rings is 2. The second kappa shape index (κ2) is 10.4. The van der Waals surface area contributed by atoms with E-state index in [1.807, 2.05) is 6.92 Å². The molecule has 0 spiro atoms. The van der Waals surface area contributed by atoms with Gasteiger partial charge in [-0.15, -0.1) is 0 Å². The molecule has 2 aromatic heterocycles. The van der Waals surface area contributed by atoms with Crippen LogP contribution in [0.25, 0.3) is 11.3 Å². The molecule has 4 rings (SSSR count). The highest BCUT2D eigenvalue weighted by molar-refractivity contribution is 6.06. The molecular formula is C27H26N4O4. The van der Waals surface area contributed by atoms with Gasteiger partial charge in [0.05, 0.1) is 18.8 Å². The van der Waals surface area contributed by atoms with Crippen LogP contribution in [0.5, 0.6) is 0 Å². The zero-order valence-corrected chi connectivity index (χ0v) is 19.5. The number of aryl methyl sites for hydroxylation is 1. The third-order valence-corrected chi connectivity index (χ3v) is 5.70. The lowest BCUT2D eigenvalue weighted by Gasteiger charge is -2.28. The molecule has 4 aromatic rings. The lowest BCUT2D eigenvalue weighted by molar-refractivity contribution is 0.101. The van der Waals surface area contributed by atoms with Gasteiger partial charge in [0.15, 0.2) is 5.78 Å². The van der Waals surface area contributed by atoms with Gasteiger partial charge in [-0.25, -0.2) is 4.68 Å². The Morgan fingerprint density at radius 3 is 1.94 bits per heavy atom. The highest BCUT2D eigenvalue weighted by atomic mass is 16.3. The molecule has 8 heteroatoms. The fraction of sp³-hybridized carbons (Fsp3) is 0.185. The summed E-state index contributed by atoms with van der Waals surface area (Å²) >= 11 is 0. The van der Waals surface area contributed by atoms with Crippen LogP contribution >= 0.6 is 0 Å². The van der Waals surface area contributed by atoms with Crippen LogP contribution in [0.2, 0.25) is 0 Å². The Hall–Kier alpha value is -4.14. The molecule has 0 bridgehead atoms. The Labute approximate surface area is 202 Å². The molecule has 8 nitrogen and oxygen atoms in total. The van der Waals surface area contributed by atoms with Crippen molar-refractivity contribution >= 4 is 22.8 Å². The molecule has 0 fully saturated rings. The van der Waals surface area contributed by atoms with Crippen molar-refractivity contribution < 1.29 is 15.0 Å². The third kappa shape index (κ3) is 4.75. The Kier molecular flexibility index (Phi) is 7.14. The smallest absolute Gasteiger partial charge is 0.291 e. The minimum atomic E-state index is -0.414. The molecule has 0 unspecified atom stereocenters. The summed E-state index contributed by atoms with van der Waals surface area (Å²) in [7, 11) is 0. The van der Waals surface area contributed by atoms with Gasteiger partial charge in [0.2, 0.25) is 0 Å². The van der Waals surface area contributed by atoms with E-state index in [-0.39, 0.29) is 30.2 Å². The quantitative estimate of drug-likeness (QED) is 0.375. The number of aliphatic hydroxyl groups is 2. The number of nitrogens with zero attached hydrogens (tertiary/aromatic N) is 4. The molecule has 0 radical (unpaired) electrons. The molecule has 2 N–H and O–H groups in total. The first-order valence-electron chi connectivity index (χ1n) is 11.2. The van der Waals surface area contributed by atoms with Crippen molar-refractivity contribution in [2.24, 2.45) is 0 Å². The summed E-state index contributed by atoms with van der Waals surface area (Å²) in [5, 5.41) is 23.5. The fourth-order valence-electron chi connectivity index (χ4n) is 3.93. The normalized spacial score (nSPS) is 10.9. The average molecular weight is 471 g/mol. The van der Waals surface area contributed by atoms with E-state index in [1.54, 1.807) is 78.0 Å². The maximum absolute atomic E-state index is 13.8. The number of ketones is 1. The number of hydrogen-bond donors (Lipinski definition) is 2. The number of hydrogen-bond acceptors (Lipinski definition) is 7. The van der Waals surface area contributed by atoms with E-state index in [9.17, 15) is 19.8 Å². The van der Waals surface area contributed by atoms with Crippen molar-refractivity contribution in [3.05, 3.63) is 100 Å². The molecule has 0 amide bonds. The predicted molar refractivity (Wildman–Crippen MR) is 134 cm³/mol. The molecule has 0 aliphatic carbocycles. The van der Waals surface area contributed by atoms with Crippen LogP contribution in [-0.4, -0.2) is 30.8 Å². The van der Waals surface area contributed by atoms with E-state index in [0.717, 1.165) is 0 Å². The van der Waals surface area contributed by atoms with Gasteiger partial charge in [0, 0.05) is 35.9 Å². The largest absolute Gasteiger partial charge is 0.392 e. The molecule has 35 heavy (non-hydrogen) atoms. The van der Waals surface area contributed by atoms with Gasteiger partial charge in [-0.3, -0.25) is 14.6 Å². The van der Waals surface area contributed by atoms with Crippen molar-refractivity contribution in [2.45, 2.75) is 33.6 Å². The van der Waals surface area contributed by atoms with E-state index < -0.39 is 5.56 Å². The molecule has 2 heterocycles. The summed E-state index contributed by atoms with van der Waals surface area (Å²) in [5.74, 6) is -0.310. The second-order valence-corrected chi connectivity index (χ2v) is 7.98.